The first-order chi connectivity index (χ1) is 9.49. The molecule has 1 N–H and O–H groups in total. The number of carbonyl (C=O) groups excluding carboxylic acids is 1. The second-order valence-electron chi connectivity index (χ2n) is 4.78. The second kappa shape index (κ2) is 5.74. The lowest BCUT2D eigenvalue weighted by Gasteiger charge is -2.05. The van der Waals surface area contributed by atoms with Crippen molar-refractivity contribution >= 4 is 11.6 Å². The molecule has 0 fully saturated rings. The van der Waals surface area contributed by atoms with Gasteiger partial charge in [-0.25, -0.2) is 5.43 Å². The summed E-state index contributed by atoms with van der Waals surface area (Å²) in [6.45, 7) is 7.46. The summed E-state index contributed by atoms with van der Waals surface area (Å²) in [5, 5.41) is 4.16. The molecule has 2 rings (SSSR count). The largest absolute Gasteiger partial charge is 0.466 e. The van der Waals surface area contributed by atoms with E-state index in [1.54, 1.807) is 13.0 Å². The Bertz CT molecular complexity index is 669. The molecular weight excluding hydrogens is 252 g/mol. The van der Waals surface area contributed by atoms with E-state index < -0.39 is 0 Å². The third kappa shape index (κ3) is 2.96. The topological polar surface area (TPSA) is 54.6 Å². The summed E-state index contributed by atoms with van der Waals surface area (Å²) in [6.07, 6.45) is 0. The lowest BCUT2D eigenvalue weighted by molar-refractivity contribution is 0.0953. The zero-order valence-electron chi connectivity index (χ0n) is 12.2. The molecule has 4 heteroatoms. The van der Waals surface area contributed by atoms with Crippen molar-refractivity contribution in [2.24, 2.45) is 5.10 Å². The van der Waals surface area contributed by atoms with Crippen LogP contribution in [0.25, 0.3) is 0 Å². The summed E-state index contributed by atoms with van der Waals surface area (Å²) in [7, 11) is 0. The normalized spacial score (nSPS) is 11.5. The average Bonchev–Trinajstić information content (AvgIpc) is 2.75. The van der Waals surface area contributed by atoms with Gasteiger partial charge in [-0.2, -0.15) is 5.10 Å². The molecular formula is C16H18N2O2. The van der Waals surface area contributed by atoms with Gasteiger partial charge >= 0.3 is 0 Å². The molecule has 2 aromatic rings. The Morgan fingerprint density at radius 3 is 2.45 bits per heavy atom. The van der Waals surface area contributed by atoms with Crippen molar-refractivity contribution in [3.8, 4) is 0 Å². The summed E-state index contributed by atoms with van der Waals surface area (Å²) in [4.78, 5) is 12.0. The van der Waals surface area contributed by atoms with Gasteiger partial charge in [-0.1, -0.05) is 24.3 Å². The molecule has 0 unspecified atom stereocenters. The molecule has 0 bridgehead atoms. The predicted molar refractivity (Wildman–Crippen MR) is 79.0 cm³/mol. The highest BCUT2D eigenvalue weighted by molar-refractivity contribution is 6.01. The molecule has 1 aromatic heterocycles. The highest BCUT2D eigenvalue weighted by Gasteiger charge is 2.13. The van der Waals surface area contributed by atoms with Crippen LogP contribution in [-0.2, 0) is 0 Å². The Morgan fingerprint density at radius 2 is 1.85 bits per heavy atom. The van der Waals surface area contributed by atoms with Gasteiger partial charge in [0.2, 0.25) is 0 Å². The van der Waals surface area contributed by atoms with Crippen molar-refractivity contribution in [3.63, 3.8) is 0 Å². The lowest BCUT2D eigenvalue weighted by atomic mass is 10.1. The number of nitrogens with zero attached hydrogens (tertiary/aromatic N) is 1. The minimum atomic E-state index is -0.257. The predicted octanol–water partition coefficient (Wildman–Crippen LogP) is 3.36. The van der Waals surface area contributed by atoms with Crippen LogP contribution in [0.5, 0.6) is 0 Å². The number of hydrazone groups is 1. The number of aryl methyl sites for hydroxylation is 3. The van der Waals surface area contributed by atoms with Gasteiger partial charge in [-0.15, -0.1) is 0 Å². The molecule has 1 heterocycles. The van der Waals surface area contributed by atoms with Crippen LogP contribution < -0.4 is 5.43 Å². The van der Waals surface area contributed by atoms with Gasteiger partial charge in [0.25, 0.3) is 5.91 Å². The van der Waals surface area contributed by atoms with E-state index >= 15 is 0 Å². The summed E-state index contributed by atoms with van der Waals surface area (Å²) in [5.74, 6) is 1.06. The Balaban J connectivity index is 2.15. The molecule has 0 radical (unpaired) electrons. The molecule has 0 atom stereocenters. The third-order valence-electron chi connectivity index (χ3n) is 3.15. The number of hydrogen-bond donors (Lipinski definition) is 1. The van der Waals surface area contributed by atoms with Gasteiger partial charge in [-0.05, 0) is 39.3 Å². The molecule has 104 valence electrons. The van der Waals surface area contributed by atoms with Gasteiger partial charge in [0, 0.05) is 5.56 Å². The van der Waals surface area contributed by atoms with E-state index in [4.69, 9.17) is 4.42 Å². The van der Waals surface area contributed by atoms with Crippen LogP contribution >= 0.6 is 0 Å². The highest BCUT2D eigenvalue weighted by atomic mass is 16.3. The zero-order chi connectivity index (χ0) is 14.7. The molecule has 0 aliphatic rings. The van der Waals surface area contributed by atoms with Crippen molar-refractivity contribution in [2.45, 2.75) is 27.7 Å². The number of benzene rings is 1. The summed E-state index contributed by atoms with van der Waals surface area (Å²) in [6, 6.07) is 9.63. The Hall–Kier alpha value is -2.36. The molecule has 0 saturated carbocycles. The maximum absolute atomic E-state index is 12.0. The van der Waals surface area contributed by atoms with Crippen LogP contribution in [-0.4, -0.2) is 11.6 Å². The van der Waals surface area contributed by atoms with E-state index in [-0.39, 0.29) is 5.91 Å². The van der Waals surface area contributed by atoms with Gasteiger partial charge in [0.1, 0.15) is 11.5 Å². The fourth-order valence-electron chi connectivity index (χ4n) is 2.09. The van der Waals surface area contributed by atoms with Crippen LogP contribution in [0, 0.1) is 20.8 Å². The highest BCUT2D eigenvalue weighted by Crippen LogP contribution is 2.13. The minimum Gasteiger partial charge on any atom is -0.466 e. The summed E-state index contributed by atoms with van der Waals surface area (Å²) >= 11 is 0. The molecule has 0 aliphatic carbocycles. The molecule has 4 nitrogen and oxygen atoms in total. The van der Waals surface area contributed by atoms with E-state index in [9.17, 15) is 4.79 Å². The number of hydrogen-bond acceptors (Lipinski definition) is 3. The average molecular weight is 270 g/mol. The van der Waals surface area contributed by atoms with E-state index in [0.29, 0.717) is 17.1 Å². The van der Waals surface area contributed by atoms with Crippen molar-refractivity contribution in [1.29, 1.82) is 0 Å². The molecule has 1 amide bonds. The fourth-order valence-corrected chi connectivity index (χ4v) is 2.09. The lowest BCUT2D eigenvalue weighted by Crippen LogP contribution is -2.19. The quantitative estimate of drug-likeness (QED) is 0.686. The Kier molecular flexibility index (Phi) is 4.03. The van der Waals surface area contributed by atoms with Crippen LogP contribution in [0.1, 0.15) is 39.9 Å². The number of furan rings is 1. The van der Waals surface area contributed by atoms with Gasteiger partial charge < -0.3 is 4.42 Å². The van der Waals surface area contributed by atoms with E-state index in [0.717, 1.165) is 16.8 Å². The van der Waals surface area contributed by atoms with E-state index in [1.807, 2.05) is 45.0 Å². The first kappa shape index (κ1) is 14.1. The summed E-state index contributed by atoms with van der Waals surface area (Å²) < 4.78 is 5.34. The molecule has 20 heavy (non-hydrogen) atoms. The monoisotopic (exact) mass is 270 g/mol. The molecule has 0 spiro atoms. The molecule has 0 aliphatic heterocycles. The SMILES string of the molecule is C/C(=N/NC(=O)c1cc(C)oc1C)c1ccccc1C. The van der Waals surface area contributed by atoms with E-state index in [1.165, 1.54) is 0 Å². The van der Waals surface area contributed by atoms with Gasteiger partial charge in [0.05, 0.1) is 11.3 Å². The maximum Gasteiger partial charge on any atom is 0.274 e. The van der Waals surface area contributed by atoms with Crippen molar-refractivity contribution in [2.75, 3.05) is 0 Å². The van der Waals surface area contributed by atoms with Crippen molar-refractivity contribution in [1.82, 2.24) is 5.43 Å². The van der Waals surface area contributed by atoms with Gasteiger partial charge in [0.15, 0.2) is 0 Å². The minimum absolute atomic E-state index is 0.257. The van der Waals surface area contributed by atoms with Crippen LogP contribution in [0.2, 0.25) is 0 Å². The van der Waals surface area contributed by atoms with Gasteiger partial charge in [-0.3, -0.25) is 4.79 Å². The maximum atomic E-state index is 12.0. The Labute approximate surface area is 118 Å². The fraction of sp³-hybridized carbons (Fsp3) is 0.250. The van der Waals surface area contributed by atoms with Crippen LogP contribution in [0.4, 0.5) is 0 Å². The smallest absolute Gasteiger partial charge is 0.274 e. The van der Waals surface area contributed by atoms with Crippen molar-refractivity contribution in [3.05, 3.63) is 58.5 Å². The third-order valence-corrected chi connectivity index (χ3v) is 3.15. The van der Waals surface area contributed by atoms with E-state index in [2.05, 4.69) is 10.5 Å². The molecule has 1 aromatic carbocycles. The summed E-state index contributed by atoms with van der Waals surface area (Å²) in [5.41, 5.74) is 6.00. The number of amides is 1. The number of nitrogens with one attached hydrogen (secondary N) is 1. The first-order valence-corrected chi connectivity index (χ1v) is 6.46. The number of rotatable bonds is 3. The van der Waals surface area contributed by atoms with Crippen LogP contribution in [0.15, 0.2) is 39.9 Å². The van der Waals surface area contributed by atoms with Crippen molar-refractivity contribution < 1.29 is 9.21 Å². The van der Waals surface area contributed by atoms with Crippen LogP contribution in [0.3, 0.4) is 0 Å². The standard InChI is InChI=1S/C16H18N2O2/c1-10-7-5-6-8-14(10)12(3)17-18-16(19)15-9-11(2)20-13(15)4/h5-9H,1-4H3,(H,18,19)/b17-12-. The first-order valence-electron chi connectivity index (χ1n) is 6.46. The number of carbonyl (C=O) groups is 1. The second-order valence-corrected chi connectivity index (χ2v) is 4.78. The molecule has 0 saturated heterocycles. The zero-order valence-corrected chi connectivity index (χ0v) is 12.2. The Morgan fingerprint density at radius 1 is 1.15 bits per heavy atom.